The number of rotatable bonds is 37. The predicted molar refractivity (Wildman–Crippen MR) is 211 cm³/mol. The van der Waals surface area contributed by atoms with Crippen molar-refractivity contribution in [2.45, 2.75) is 199 Å². The summed E-state index contributed by atoms with van der Waals surface area (Å²) in [5, 5.41) is 0.798. The third kappa shape index (κ3) is 38.3. The van der Waals surface area contributed by atoms with E-state index in [9.17, 15) is 0 Å². The van der Waals surface area contributed by atoms with E-state index >= 15 is 0 Å². The van der Waals surface area contributed by atoms with Crippen molar-refractivity contribution in [3.05, 3.63) is 24.3 Å². The van der Waals surface area contributed by atoms with E-state index in [-0.39, 0.29) is 0 Å². The van der Waals surface area contributed by atoms with Gasteiger partial charge in [-0.25, -0.2) is 0 Å². The monoisotopic (exact) mass is 652 g/mol. The topological polar surface area (TPSA) is 3.24 Å². The van der Waals surface area contributed by atoms with E-state index in [4.69, 9.17) is 0 Å². The molecule has 0 aromatic carbocycles. The van der Waals surface area contributed by atoms with Crippen LogP contribution in [0, 0.1) is 0 Å². The lowest BCUT2D eigenvalue weighted by molar-refractivity contribution is 0.415. The standard InChI is InChI=1S/C41H81NS2/c1-5-7-9-11-13-15-17-19-21-23-25-27-29-31-33-35-37-43-40-41(39-42(3)4)44-38-36-34-32-30-28-26-24-22-20-18-16-14-12-10-8-6-2/h19-22,41H,5-18,23-40H2,1-4H3/b21-19-,22-20-. The van der Waals surface area contributed by atoms with Gasteiger partial charge in [-0.2, -0.15) is 23.5 Å². The molecule has 0 aliphatic heterocycles. The van der Waals surface area contributed by atoms with E-state index in [2.05, 4.69) is 80.7 Å². The van der Waals surface area contributed by atoms with E-state index in [1.54, 1.807) is 0 Å². The second-order valence-electron chi connectivity index (χ2n) is 13.7. The first-order chi connectivity index (χ1) is 21.7. The largest absolute Gasteiger partial charge is 0.308 e. The minimum atomic E-state index is 0.798. The quantitative estimate of drug-likeness (QED) is 0.0486. The van der Waals surface area contributed by atoms with Crippen LogP contribution in [0.15, 0.2) is 24.3 Å². The summed E-state index contributed by atoms with van der Waals surface area (Å²) in [4.78, 5) is 2.39. The molecule has 0 bridgehead atoms. The molecule has 0 saturated heterocycles. The van der Waals surface area contributed by atoms with Gasteiger partial charge in [0, 0.05) is 17.5 Å². The maximum Gasteiger partial charge on any atom is 0.0265 e. The van der Waals surface area contributed by atoms with Crippen molar-refractivity contribution in [3.63, 3.8) is 0 Å². The Morgan fingerprint density at radius 1 is 0.432 bits per heavy atom. The van der Waals surface area contributed by atoms with Gasteiger partial charge < -0.3 is 4.90 Å². The van der Waals surface area contributed by atoms with E-state index in [0.29, 0.717) is 0 Å². The van der Waals surface area contributed by atoms with Crippen molar-refractivity contribution in [1.29, 1.82) is 0 Å². The Kier molecular flexibility index (Phi) is 39.4. The number of hydrogen-bond donors (Lipinski definition) is 0. The second kappa shape index (κ2) is 39.3. The van der Waals surface area contributed by atoms with Crippen LogP contribution in [0.1, 0.15) is 194 Å². The van der Waals surface area contributed by atoms with Gasteiger partial charge in [0.25, 0.3) is 0 Å². The summed E-state index contributed by atoms with van der Waals surface area (Å²) in [7, 11) is 4.49. The molecule has 44 heavy (non-hydrogen) atoms. The number of unbranched alkanes of at least 4 members (excludes halogenated alkanes) is 24. The first-order valence-electron chi connectivity index (χ1n) is 19.8. The Bertz CT molecular complexity index is 573. The minimum Gasteiger partial charge on any atom is -0.308 e. The van der Waals surface area contributed by atoms with E-state index < -0.39 is 0 Å². The highest BCUT2D eigenvalue weighted by atomic mass is 32.2. The van der Waals surface area contributed by atoms with Gasteiger partial charge in [-0.3, -0.25) is 0 Å². The lowest BCUT2D eigenvalue weighted by Gasteiger charge is -2.20. The van der Waals surface area contributed by atoms with E-state index in [0.717, 1.165) is 5.25 Å². The molecule has 3 heteroatoms. The number of hydrogen-bond acceptors (Lipinski definition) is 3. The van der Waals surface area contributed by atoms with Crippen molar-refractivity contribution in [1.82, 2.24) is 4.90 Å². The van der Waals surface area contributed by atoms with Crippen molar-refractivity contribution >= 4 is 23.5 Å². The average molecular weight is 652 g/mol. The fourth-order valence-electron chi connectivity index (χ4n) is 5.83. The summed E-state index contributed by atoms with van der Waals surface area (Å²) in [5.41, 5.74) is 0. The number of allylic oxidation sites excluding steroid dienone is 4. The molecule has 0 aliphatic carbocycles. The van der Waals surface area contributed by atoms with E-state index in [1.165, 1.54) is 204 Å². The lowest BCUT2D eigenvalue weighted by atomic mass is 10.1. The summed E-state index contributed by atoms with van der Waals surface area (Å²) in [6.45, 7) is 5.83. The summed E-state index contributed by atoms with van der Waals surface area (Å²) < 4.78 is 0. The molecule has 0 saturated carbocycles. The molecule has 0 aromatic rings. The zero-order chi connectivity index (χ0) is 32.0. The smallest absolute Gasteiger partial charge is 0.0265 e. The van der Waals surface area contributed by atoms with Gasteiger partial charge in [0.1, 0.15) is 0 Å². The Labute approximate surface area is 288 Å². The molecule has 1 unspecified atom stereocenters. The highest BCUT2D eigenvalue weighted by molar-refractivity contribution is 8.03. The highest BCUT2D eigenvalue weighted by Crippen LogP contribution is 2.21. The van der Waals surface area contributed by atoms with Crippen LogP contribution in [0.3, 0.4) is 0 Å². The van der Waals surface area contributed by atoms with Crippen LogP contribution < -0.4 is 0 Å². The van der Waals surface area contributed by atoms with Gasteiger partial charge in [0.15, 0.2) is 0 Å². The molecule has 0 N–H and O–H groups in total. The maximum absolute atomic E-state index is 2.45. The second-order valence-corrected chi connectivity index (χ2v) is 16.3. The third-order valence-electron chi connectivity index (χ3n) is 8.68. The third-order valence-corrected chi connectivity index (χ3v) is 11.4. The Hall–Kier alpha value is 0.140. The van der Waals surface area contributed by atoms with Crippen LogP contribution in [0.4, 0.5) is 0 Å². The maximum atomic E-state index is 2.45. The molecule has 0 fully saturated rings. The van der Waals surface area contributed by atoms with Crippen LogP contribution in [-0.2, 0) is 0 Å². The summed E-state index contributed by atoms with van der Waals surface area (Å²) in [6, 6.07) is 0. The van der Waals surface area contributed by atoms with Crippen molar-refractivity contribution < 1.29 is 0 Å². The summed E-state index contributed by atoms with van der Waals surface area (Å²) in [6.07, 6.45) is 49.0. The van der Waals surface area contributed by atoms with Crippen molar-refractivity contribution in [2.24, 2.45) is 0 Å². The Morgan fingerprint density at radius 3 is 1.16 bits per heavy atom. The van der Waals surface area contributed by atoms with Crippen molar-refractivity contribution in [3.8, 4) is 0 Å². The average Bonchev–Trinajstić information content (AvgIpc) is 3.01. The van der Waals surface area contributed by atoms with Gasteiger partial charge in [0.05, 0.1) is 0 Å². The Morgan fingerprint density at radius 2 is 0.773 bits per heavy atom. The molecule has 1 nitrogen and oxygen atoms in total. The van der Waals surface area contributed by atoms with Crippen LogP contribution in [0.5, 0.6) is 0 Å². The molecule has 0 rings (SSSR count). The zero-order valence-corrected chi connectivity index (χ0v) is 32.4. The molecule has 0 amide bonds. The molecular formula is C41H81NS2. The first-order valence-corrected chi connectivity index (χ1v) is 22.0. The lowest BCUT2D eigenvalue weighted by Crippen LogP contribution is -2.26. The summed E-state index contributed by atoms with van der Waals surface area (Å²) >= 11 is 4.47. The van der Waals surface area contributed by atoms with Gasteiger partial charge in [-0.05, 0) is 89.8 Å². The van der Waals surface area contributed by atoms with Crippen LogP contribution in [-0.4, -0.2) is 48.0 Å². The van der Waals surface area contributed by atoms with Gasteiger partial charge >= 0.3 is 0 Å². The summed E-state index contributed by atoms with van der Waals surface area (Å²) in [5.74, 6) is 4.05. The first kappa shape index (κ1) is 44.1. The molecular weight excluding hydrogens is 571 g/mol. The van der Waals surface area contributed by atoms with Crippen LogP contribution >= 0.6 is 23.5 Å². The Balaban J connectivity index is 3.52. The highest BCUT2D eigenvalue weighted by Gasteiger charge is 2.10. The minimum absolute atomic E-state index is 0.798. The molecule has 0 radical (unpaired) electrons. The molecule has 262 valence electrons. The SMILES string of the molecule is CCCCCCCC/C=C\CCCCCCCCSCC(CN(C)C)SCCCCCCCC/C=C\CCCCCCCC. The van der Waals surface area contributed by atoms with Gasteiger partial charge in [-0.1, -0.05) is 154 Å². The zero-order valence-electron chi connectivity index (χ0n) is 30.8. The van der Waals surface area contributed by atoms with Crippen LogP contribution in [0.2, 0.25) is 0 Å². The molecule has 0 spiro atoms. The van der Waals surface area contributed by atoms with Gasteiger partial charge in [0.2, 0.25) is 0 Å². The molecule has 0 aliphatic rings. The predicted octanol–water partition coefficient (Wildman–Crippen LogP) is 14.5. The molecule has 1 atom stereocenters. The fraction of sp³-hybridized carbons (Fsp3) is 0.902. The van der Waals surface area contributed by atoms with E-state index in [1.807, 2.05) is 0 Å². The normalized spacial score (nSPS) is 12.8. The van der Waals surface area contributed by atoms with Crippen LogP contribution in [0.25, 0.3) is 0 Å². The van der Waals surface area contributed by atoms with Gasteiger partial charge in [-0.15, -0.1) is 0 Å². The number of nitrogens with zero attached hydrogens (tertiary/aromatic N) is 1. The van der Waals surface area contributed by atoms with Crippen molar-refractivity contribution in [2.75, 3.05) is 37.9 Å². The fourth-order valence-corrected chi connectivity index (χ4v) is 8.55. The molecule has 0 aromatic heterocycles. The number of thioether (sulfide) groups is 2. The molecule has 0 heterocycles.